The fourth-order valence-electron chi connectivity index (χ4n) is 1.22. The van der Waals surface area contributed by atoms with Crippen molar-refractivity contribution in [3.05, 3.63) is 22.7 Å². The van der Waals surface area contributed by atoms with Crippen LogP contribution in [0.15, 0.2) is 22.7 Å². The van der Waals surface area contributed by atoms with E-state index in [2.05, 4.69) is 21.2 Å². The number of anilines is 2. The number of nitrogens with one attached hydrogen (secondary N) is 1. The molecule has 3 N–H and O–H groups in total. The molecule has 0 aliphatic heterocycles. The Bertz CT molecular complexity index is 305. The molecule has 0 saturated carbocycles. The van der Waals surface area contributed by atoms with Crippen molar-refractivity contribution in [3.63, 3.8) is 0 Å². The van der Waals surface area contributed by atoms with Crippen LogP contribution in [0.3, 0.4) is 0 Å². The maximum Gasteiger partial charge on any atom is 0.0585 e. The monoisotopic (exact) mass is 272 g/mol. The molecule has 0 radical (unpaired) electrons. The van der Waals surface area contributed by atoms with E-state index in [9.17, 15) is 0 Å². The van der Waals surface area contributed by atoms with E-state index in [1.165, 1.54) is 0 Å². The summed E-state index contributed by atoms with van der Waals surface area (Å²) in [4.78, 5) is 0. The molecule has 0 spiro atoms. The Labute approximate surface area is 99.1 Å². The lowest BCUT2D eigenvalue weighted by atomic mass is 10.2. The zero-order valence-electron chi connectivity index (χ0n) is 8.92. The van der Waals surface area contributed by atoms with Crippen molar-refractivity contribution in [3.8, 4) is 0 Å². The first-order valence-corrected chi connectivity index (χ1v) is 5.90. The molecule has 0 aromatic heterocycles. The zero-order valence-corrected chi connectivity index (χ0v) is 10.5. The smallest absolute Gasteiger partial charge is 0.0585 e. The van der Waals surface area contributed by atoms with Crippen LogP contribution in [-0.2, 0) is 4.74 Å². The third kappa shape index (κ3) is 4.53. The number of nitrogens with two attached hydrogens (primary N) is 1. The van der Waals surface area contributed by atoms with Gasteiger partial charge in [0.05, 0.1) is 11.4 Å². The van der Waals surface area contributed by atoms with E-state index >= 15 is 0 Å². The summed E-state index contributed by atoms with van der Waals surface area (Å²) in [7, 11) is 0. The number of hydrogen-bond donors (Lipinski definition) is 2. The van der Waals surface area contributed by atoms with Gasteiger partial charge in [0.1, 0.15) is 0 Å². The van der Waals surface area contributed by atoms with Crippen molar-refractivity contribution in [2.75, 3.05) is 30.8 Å². The Morgan fingerprint density at radius 2 is 2.27 bits per heavy atom. The maximum atomic E-state index is 5.82. The lowest BCUT2D eigenvalue weighted by Crippen LogP contribution is -2.07. The van der Waals surface area contributed by atoms with Crippen LogP contribution in [0.4, 0.5) is 11.4 Å². The molecule has 1 rings (SSSR count). The molecule has 0 atom stereocenters. The maximum absolute atomic E-state index is 5.82. The summed E-state index contributed by atoms with van der Waals surface area (Å²) in [5.41, 5.74) is 7.56. The Hall–Kier alpha value is -0.740. The number of ether oxygens (including phenoxy) is 1. The summed E-state index contributed by atoms with van der Waals surface area (Å²) in [6.07, 6.45) is 0.986. The van der Waals surface area contributed by atoms with E-state index in [1.54, 1.807) is 0 Å². The minimum atomic E-state index is 0.773. The first-order valence-electron chi connectivity index (χ1n) is 5.10. The van der Waals surface area contributed by atoms with Gasteiger partial charge in [-0.25, -0.2) is 0 Å². The number of hydrogen-bond acceptors (Lipinski definition) is 3. The van der Waals surface area contributed by atoms with Gasteiger partial charge in [0.2, 0.25) is 0 Å². The average molecular weight is 273 g/mol. The second kappa shape index (κ2) is 6.69. The van der Waals surface area contributed by atoms with Crippen molar-refractivity contribution in [2.45, 2.75) is 13.3 Å². The summed E-state index contributed by atoms with van der Waals surface area (Å²) < 4.78 is 6.28. The van der Waals surface area contributed by atoms with E-state index in [0.29, 0.717) is 0 Å². The van der Waals surface area contributed by atoms with Crippen molar-refractivity contribution in [2.24, 2.45) is 0 Å². The number of rotatable bonds is 6. The van der Waals surface area contributed by atoms with Crippen LogP contribution in [0, 0.1) is 0 Å². The van der Waals surface area contributed by atoms with Crippen molar-refractivity contribution in [1.82, 2.24) is 0 Å². The summed E-state index contributed by atoms with van der Waals surface area (Å²) in [6, 6.07) is 5.80. The highest BCUT2D eigenvalue weighted by molar-refractivity contribution is 9.10. The summed E-state index contributed by atoms with van der Waals surface area (Å²) >= 11 is 3.41. The van der Waals surface area contributed by atoms with Gasteiger partial charge in [0.15, 0.2) is 0 Å². The average Bonchev–Trinajstić information content (AvgIpc) is 2.23. The SMILES string of the molecule is CCOCCCNc1cc(Br)ccc1N. The lowest BCUT2D eigenvalue weighted by Gasteiger charge is -2.09. The Balaban J connectivity index is 2.33. The second-order valence-corrected chi connectivity index (χ2v) is 4.12. The van der Waals surface area contributed by atoms with Crippen LogP contribution < -0.4 is 11.1 Å². The van der Waals surface area contributed by atoms with Crippen LogP contribution in [0.2, 0.25) is 0 Å². The molecule has 0 amide bonds. The standard InChI is InChI=1S/C11H17BrN2O/c1-2-15-7-3-6-14-11-8-9(12)4-5-10(11)13/h4-5,8,14H,2-3,6-7,13H2,1H3. The summed E-state index contributed by atoms with van der Waals surface area (Å²) in [5.74, 6) is 0. The fourth-order valence-corrected chi connectivity index (χ4v) is 1.58. The molecule has 0 fully saturated rings. The molecule has 0 saturated heterocycles. The highest BCUT2D eigenvalue weighted by atomic mass is 79.9. The van der Waals surface area contributed by atoms with E-state index in [0.717, 1.165) is 42.0 Å². The quantitative estimate of drug-likeness (QED) is 0.619. The fraction of sp³-hybridized carbons (Fsp3) is 0.455. The lowest BCUT2D eigenvalue weighted by molar-refractivity contribution is 0.147. The largest absolute Gasteiger partial charge is 0.397 e. The molecule has 15 heavy (non-hydrogen) atoms. The first kappa shape index (κ1) is 12.3. The van der Waals surface area contributed by atoms with Crippen LogP contribution in [-0.4, -0.2) is 19.8 Å². The molecular weight excluding hydrogens is 256 g/mol. The Morgan fingerprint density at radius 1 is 1.47 bits per heavy atom. The summed E-state index contributed by atoms with van der Waals surface area (Å²) in [5, 5.41) is 3.28. The first-order chi connectivity index (χ1) is 7.24. The zero-order chi connectivity index (χ0) is 11.1. The molecule has 1 aromatic rings. The van der Waals surface area contributed by atoms with E-state index < -0.39 is 0 Å². The third-order valence-electron chi connectivity index (χ3n) is 2.00. The van der Waals surface area contributed by atoms with Gasteiger partial charge in [-0.3, -0.25) is 0 Å². The molecule has 0 aliphatic rings. The third-order valence-corrected chi connectivity index (χ3v) is 2.49. The van der Waals surface area contributed by atoms with Crippen molar-refractivity contribution >= 4 is 27.3 Å². The van der Waals surface area contributed by atoms with Gasteiger partial charge < -0.3 is 15.8 Å². The minimum Gasteiger partial charge on any atom is -0.397 e. The summed E-state index contributed by atoms with van der Waals surface area (Å²) in [6.45, 7) is 4.44. The normalized spacial score (nSPS) is 10.3. The topological polar surface area (TPSA) is 47.3 Å². The van der Waals surface area contributed by atoms with Gasteiger partial charge in [-0.05, 0) is 31.5 Å². The van der Waals surface area contributed by atoms with Crippen LogP contribution >= 0.6 is 15.9 Å². The second-order valence-electron chi connectivity index (χ2n) is 3.21. The van der Waals surface area contributed by atoms with Gasteiger partial charge in [-0.15, -0.1) is 0 Å². The number of nitrogen functional groups attached to an aromatic ring is 1. The van der Waals surface area contributed by atoms with E-state index in [1.807, 2.05) is 25.1 Å². The Kier molecular flexibility index (Phi) is 5.50. The molecular formula is C11H17BrN2O. The van der Waals surface area contributed by atoms with Gasteiger partial charge in [-0.2, -0.15) is 0 Å². The number of halogens is 1. The highest BCUT2D eigenvalue weighted by Gasteiger charge is 1.98. The van der Waals surface area contributed by atoms with Crippen LogP contribution in [0.5, 0.6) is 0 Å². The van der Waals surface area contributed by atoms with Gasteiger partial charge in [-0.1, -0.05) is 15.9 Å². The van der Waals surface area contributed by atoms with Crippen LogP contribution in [0.25, 0.3) is 0 Å². The van der Waals surface area contributed by atoms with Crippen LogP contribution in [0.1, 0.15) is 13.3 Å². The van der Waals surface area contributed by atoms with Gasteiger partial charge in [0, 0.05) is 24.2 Å². The predicted molar refractivity (Wildman–Crippen MR) is 68.2 cm³/mol. The van der Waals surface area contributed by atoms with Gasteiger partial charge in [0.25, 0.3) is 0 Å². The predicted octanol–water partition coefficient (Wildman–Crippen LogP) is 2.87. The molecule has 0 unspecified atom stereocenters. The molecule has 0 heterocycles. The molecule has 0 aliphatic carbocycles. The molecule has 84 valence electrons. The molecule has 0 bridgehead atoms. The molecule has 4 heteroatoms. The Morgan fingerprint density at radius 3 is 3.00 bits per heavy atom. The molecule has 3 nitrogen and oxygen atoms in total. The van der Waals surface area contributed by atoms with Gasteiger partial charge >= 0.3 is 0 Å². The molecule has 1 aromatic carbocycles. The number of benzene rings is 1. The van der Waals surface area contributed by atoms with Crippen molar-refractivity contribution < 1.29 is 4.74 Å². The highest BCUT2D eigenvalue weighted by Crippen LogP contribution is 2.22. The van der Waals surface area contributed by atoms with E-state index in [4.69, 9.17) is 10.5 Å². The minimum absolute atomic E-state index is 0.773. The van der Waals surface area contributed by atoms with Crippen molar-refractivity contribution in [1.29, 1.82) is 0 Å². The van der Waals surface area contributed by atoms with E-state index in [-0.39, 0.29) is 0 Å².